The van der Waals surface area contributed by atoms with Crippen LogP contribution in [-0.4, -0.2) is 49.7 Å². The molecule has 3 aliphatic rings. The average Bonchev–Trinajstić information content (AvgIpc) is 2.50. The minimum atomic E-state index is -0.0679. The maximum absolute atomic E-state index is 11.2. The molecule has 3 heterocycles. The third kappa shape index (κ3) is 2.86. The van der Waals surface area contributed by atoms with E-state index in [0.717, 1.165) is 30.7 Å². The largest absolute Gasteiger partial charge is 0.469 e. The number of piperidine rings is 3. The lowest BCUT2D eigenvalue weighted by atomic mass is 9.70. The predicted octanol–water partition coefficient (Wildman–Crippen LogP) is 1.79. The molecule has 0 aromatic rings. The quantitative estimate of drug-likeness (QED) is 0.797. The van der Waals surface area contributed by atoms with Crippen molar-refractivity contribution < 1.29 is 9.53 Å². The van der Waals surface area contributed by atoms with E-state index < -0.39 is 0 Å². The molecule has 0 unspecified atom stereocenters. The van der Waals surface area contributed by atoms with Crippen molar-refractivity contribution in [1.82, 2.24) is 10.2 Å². The van der Waals surface area contributed by atoms with Crippen molar-refractivity contribution in [2.45, 2.75) is 57.0 Å². The highest BCUT2D eigenvalue weighted by Gasteiger charge is 2.45. The molecule has 0 spiro atoms. The first-order valence-electron chi connectivity index (χ1n) is 8.34. The molecule has 3 fully saturated rings. The van der Waals surface area contributed by atoms with Gasteiger partial charge in [-0.1, -0.05) is 0 Å². The van der Waals surface area contributed by atoms with E-state index in [1.807, 2.05) is 0 Å². The zero-order chi connectivity index (χ0) is 13.9. The highest BCUT2D eigenvalue weighted by molar-refractivity contribution is 5.68. The number of nitrogens with zero attached hydrogens (tertiary/aromatic N) is 1. The lowest BCUT2D eigenvalue weighted by Crippen LogP contribution is -2.63. The third-order valence-electron chi connectivity index (χ3n) is 5.63. The fourth-order valence-electron chi connectivity index (χ4n) is 4.76. The molecule has 3 rings (SSSR count). The van der Waals surface area contributed by atoms with E-state index in [4.69, 9.17) is 4.74 Å². The summed E-state index contributed by atoms with van der Waals surface area (Å²) in [7, 11) is 1.48. The molecule has 0 aromatic heterocycles. The van der Waals surface area contributed by atoms with Crippen molar-refractivity contribution >= 4 is 5.97 Å². The van der Waals surface area contributed by atoms with Gasteiger partial charge in [0.2, 0.25) is 0 Å². The molecule has 0 radical (unpaired) electrons. The third-order valence-corrected chi connectivity index (χ3v) is 5.63. The first-order chi connectivity index (χ1) is 9.79. The molecule has 4 heteroatoms. The number of methoxy groups -OCH3 is 1. The van der Waals surface area contributed by atoms with E-state index in [-0.39, 0.29) is 5.97 Å². The number of hydrogen-bond donors (Lipinski definition) is 1. The number of carbonyl (C=O) groups is 1. The standard InChI is InChI=1S/C16H28N2O2/c1-20-15(19)8-2-7-14-13-6-4-10-18-9-3-5-12(11-17-14)16(13)18/h12-14,16-17H,2-11H2,1H3/t12-,13-,14+,16+/m1/s1. The van der Waals surface area contributed by atoms with Crippen molar-refractivity contribution in [2.75, 3.05) is 26.7 Å². The molecule has 20 heavy (non-hydrogen) atoms. The monoisotopic (exact) mass is 280 g/mol. The Balaban J connectivity index is 1.58. The van der Waals surface area contributed by atoms with Gasteiger partial charge in [0.25, 0.3) is 0 Å². The molecule has 3 saturated heterocycles. The zero-order valence-electron chi connectivity index (χ0n) is 12.6. The van der Waals surface area contributed by atoms with Crippen molar-refractivity contribution in [3.8, 4) is 0 Å². The van der Waals surface area contributed by atoms with Gasteiger partial charge in [-0.3, -0.25) is 9.69 Å². The van der Waals surface area contributed by atoms with Gasteiger partial charge in [-0.25, -0.2) is 0 Å². The Morgan fingerprint density at radius 3 is 2.90 bits per heavy atom. The Labute approximate surface area is 122 Å². The highest BCUT2D eigenvalue weighted by atomic mass is 16.5. The van der Waals surface area contributed by atoms with Crippen LogP contribution in [0.3, 0.4) is 0 Å². The van der Waals surface area contributed by atoms with Crippen LogP contribution in [0.5, 0.6) is 0 Å². The molecular weight excluding hydrogens is 252 g/mol. The molecule has 1 N–H and O–H groups in total. The number of rotatable bonds is 4. The fourth-order valence-corrected chi connectivity index (χ4v) is 4.76. The minimum absolute atomic E-state index is 0.0679. The second kappa shape index (κ2) is 6.44. The normalized spacial score (nSPS) is 37.2. The van der Waals surface area contributed by atoms with Crippen LogP contribution in [-0.2, 0) is 9.53 Å². The molecule has 4 atom stereocenters. The molecule has 0 aromatic carbocycles. The molecule has 3 aliphatic heterocycles. The molecular formula is C16H28N2O2. The van der Waals surface area contributed by atoms with Gasteiger partial charge in [0.15, 0.2) is 0 Å². The Kier molecular flexibility index (Phi) is 4.61. The van der Waals surface area contributed by atoms with Crippen LogP contribution in [0.15, 0.2) is 0 Å². The Morgan fingerprint density at radius 2 is 2.10 bits per heavy atom. The van der Waals surface area contributed by atoms with Gasteiger partial charge in [-0.05, 0) is 70.0 Å². The van der Waals surface area contributed by atoms with Crippen molar-refractivity contribution in [3.05, 3.63) is 0 Å². The predicted molar refractivity (Wildman–Crippen MR) is 78.5 cm³/mol. The first-order valence-corrected chi connectivity index (χ1v) is 8.34. The van der Waals surface area contributed by atoms with Crippen LogP contribution in [0.2, 0.25) is 0 Å². The van der Waals surface area contributed by atoms with Crippen LogP contribution in [0, 0.1) is 11.8 Å². The van der Waals surface area contributed by atoms with E-state index in [2.05, 4.69) is 10.2 Å². The molecule has 0 amide bonds. The Hall–Kier alpha value is -0.610. The lowest BCUT2D eigenvalue weighted by Gasteiger charge is -2.54. The van der Waals surface area contributed by atoms with Crippen molar-refractivity contribution in [1.29, 1.82) is 0 Å². The Morgan fingerprint density at radius 1 is 1.30 bits per heavy atom. The smallest absolute Gasteiger partial charge is 0.305 e. The number of nitrogens with one attached hydrogen (secondary N) is 1. The number of esters is 1. The van der Waals surface area contributed by atoms with E-state index in [9.17, 15) is 4.79 Å². The van der Waals surface area contributed by atoms with Crippen LogP contribution in [0.4, 0.5) is 0 Å². The Bertz CT molecular complexity index is 339. The van der Waals surface area contributed by atoms with Gasteiger partial charge in [0, 0.05) is 18.5 Å². The molecule has 0 saturated carbocycles. The van der Waals surface area contributed by atoms with E-state index in [1.165, 1.54) is 52.4 Å². The summed E-state index contributed by atoms with van der Waals surface area (Å²) >= 11 is 0. The zero-order valence-corrected chi connectivity index (χ0v) is 12.6. The van der Waals surface area contributed by atoms with E-state index >= 15 is 0 Å². The summed E-state index contributed by atoms with van der Waals surface area (Å²) in [6, 6.07) is 1.43. The maximum atomic E-state index is 11.2. The second-order valence-electron chi connectivity index (χ2n) is 6.72. The molecule has 114 valence electrons. The SMILES string of the molecule is COC(=O)CCC[C@@H]1NC[C@H]2CCCN3CCC[C@H]1[C@H]23. The number of ether oxygens (including phenoxy) is 1. The maximum Gasteiger partial charge on any atom is 0.305 e. The summed E-state index contributed by atoms with van der Waals surface area (Å²) in [6.45, 7) is 3.81. The van der Waals surface area contributed by atoms with Gasteiger partial charge in [0.1, 0.15) is 0 Å². The lowest BCUT2D eigenvalue weighted by molar-refractivity contribution is -0.140. The molecule has 4 nitrogen and oxygen atoms in total. The summed E-state index contributed by atoms with van der Waals surface area (Å²) in [5.41, 5.74) is 0. The minimum Gasteiger partial charge on any atom is -0.469 e. The van der Waals surface area contributed by atoms with E-state index in [1.54, 1.807) is 0 Å². The summed E-state index contributed by atoms with van der Waals surface area (Å²) in [5.74, 6) is 1.60. The molecule has 0 bridgehead atoms. The van der Waals surface area contributed by atoms with Crippen LogP contribution < -0.4 is 5.32 Å². The summed E-state index contributed by atoms with van der Waals surface area (Å²) < 4.78 is 4.74. The average molecular weight is 280 g/mol. The number of carbonyl (C=O) groups excluding carboxylic acids is 1. The first kappa shape index (κ1) is 14.3. The van der Waals surface area contributed by atoms with Gasteiger partial charge in [-0.15, -0.1) is 0 Å². The summed E-state index contributed by atoms with van der Waals surface area (Å²) in [6.07, 6.45) is 8.15. The number of hydrogen-bond acceptors (Lipinski definition) is 4. The van der Waals surface area contributed by atoms with Crippen LogP contribution >= 0.6 is 0 Å². The van der Waals surface area contributed by atoms with Gasteiger partial charge < -0.3 is 10.1 Å². The van der Waals surface area contributed by atoms with Crippen LogP contribution in [0.25, 0.3) is 0 Å². The summed E-state index contributed by atoms with van der Waals surface area (Å²) in [4.78, 5) is 14.0. The molecule has 0 aliphatic carbocycles. The van der Waals surface area contributed by atoms with Crippen molar-refractivity contribution in [3.63, 3.8) is 0 Å². The van der Waals surface area contributed by atoms with Gasteiger partial charge >= 0.3 is 5.97 Å². The highest BCUT2D eigenvalue weighted by Crippen LogP contribution is 2.39. The summed E-state index contributed by atoms with van der Waals surface area (Å²) in [5, 5.41) is 3.79. The van der Waals surface area contributed by atoms with Gasteiger partial charge in [0.05, 0.1) is 7.11 Å². The fraction of sp³-hybridized carbons (Fsp3) is 0.938. The van der Waals surface area contributed by atoms with Crippen LogP contribution in [0.1, 0.15) is 44.9 Å². The van der Waals surface area contributed by atoms with Crippen molar-refractivity contribution in [2.24, 2.45) is 11.8 Å². The second-order valence-corrected chi connectivity index (χ2v) is 6.72. The van der Waals surface area contributed by atoms with E-state index in [0.29, 0.717) is 12.5 Å². The van der Waals surface area contributed by atoms with Gasteiger partial charge in [-0.2, -0.15) is 0 Å². The topological polar surface area (TPSA) is 41.6 Å².